The SMILES string of the molecule is [CH2]CC(CCCCS(=O)(=O)O)S(=O)(=O)O. The minimum absolute atomic E-state index is 0.0324. The van der Waals surface area contributed by atoms with E-state index < -0.39 is 31.2 Å². The Kier molecular flexibility index (Phi) is 5.71. The van der Waals surface area contributed by atoms with Crippen molar-refractivity contribution < 1.29 is 25.9 Å². The fraction of sp³-hybridized carbons (Fsp3) is 0.857. The highest BCUT2D eigenvalue weighted by Crippen LogP contribution is 2.12. The van der Waals surface area contributed by atoms with Gasteiger partial charge in [-0.2, -0.15) is 16.8 Å². The lowest BCUT2D eigenvalue weighted by Crippen LogP contribution is -2.19. The molecule has 0 bridgehead atoms. The average molecular weight is 259 g/mol. The van der Waals surface area contributed by atoms with Crippen LogP contribution >= 0.6 is 0 Å². The summed E-state index contributed by atoms with van der Waals surface area (Å²) in [5.74, 6) is -0.400. The molecule has 8 heteroatoms. The van der Waals surface area contributed by atoms with Crippen LogP contribution in [0.5, 0.6) is 0 Å². The first kappa shape index (κ1) is 14.8. The summed E-state index contributed by atoms with van der Waals surface area (Å²) in [6.07, 6.45) is 0.618. The second kappa shape index (κ2) is 5.78. The van der Waals surface area contributed by atoms with Gasteiger partial charge < -0.3 is 0 Å². The van der Waals surface area contributed by atoms with E-state index in [1.54, 1.807) is 0 Å². The first-order valence-corrected chi connectivity index (χ1v) is 7.49. The molecule has 91 valence electrons. The van der Waals surface area contributed by atoms with Gasteiger partial charge in [-0.15, -0.1) is 0 Å². The van der Waals surface area contributed by atoms with Crippen molar-refractivity contribution in [2.24, 2.45) is 0 Å². The Balaban J connectivity index is 3.95. The molecular weight excluding hydrogens is 244 g/mol. The number of rotatable bonds is 7. The normalized spacial score (nSPS) is 15.1. The molecule has 0 spiro atoms. The fourth-order valence-corrected chi connectivity index (χ4v) is 2.43. The first-order chi connectivity index (χ1) is 6.67. The number of hydrogen-bond donors (Lipinski definition) is 2. The summed E-state index contributed by atoms with van der Waals surface area (Å²) in [6, 6.07) is 0. The van der Waals surface area contributed by atoms with Gasteiger partial charge in [-0.05, 0) is 19.3 Å². The summed E-state index contributed by atoms with van der Waals surface area (Å²) < 4.78 is 59.1. The van der Waals surface area contributed by atoms with Gasteiger partial charge in [0, 0.05) is 0 Å². The molecule has 0 aliphatic heterocycles. The molecule has 6 nitrogen and oxygen atoms in total. The topological polar surface area (TPSA) is 109 Å². The number of unbranched alkanes of at least 4 members (excludes halogenated alkanes) is 1. The van der Waals surface area contributed by atoms with Crippen LogP contribution in [0.25, 0.3) is 0 Å². The highest BCUT2D eigenvalue weighted by Gasteiger charge is 2.20. The van der Waals surface area contributed by atoms with E-state index in [0.717, 1.165) is 0 Å². The van der Waals surface area contributed by atoms with Gasteiger partial charge >= 0.3 is 0 Å². The molecule has 0 aromatic rings. The lowest BCUT2D eigenvalue weighted by Gasteiger charge is -2.10. The smallest absolute Gasteiger partial charge is 0.267 e. The molecule has 0 aliphatic carbocycles. The van der Waals surface area contributed by atoms with Crippen LogP contribution in [0.3, 0.4) is 0 Å². The molecule has 1 radical (unpaired) electrons. The van der Waals surface area contributed by atoms with E-state index in [4.69, 9.17) is 9.11 Å². The van der Waals surface area contributed by atoms with Crippen LogP contribution in [-0.4, -0.2) is 36.9 Å². The summed E-state index contributed by atoms with van der Waals surface area (Å²) in [7, 11) is -8.10. The van der Waals surface area contributed by atoms with Crippen molar-refractivity contribution in [3.05, 3.63) is 6.92 Å². The predicted octanol–water partition coefficient (Wildman–Crippen LogP) is 0.525. The van der Waals surface area contributed by atoms with Crippen LogP contribution in [0.2, 0.25) is 0 Å². The third-order valence-corrected chi connectivity index (χ3v) is 4.04. The Morgan fingerprint density at radius 1 is 1.07 bits per heavy atom. The minimum Gasteiger partial charge on any atom is -0.286 e. The molecule has 0 aliphatic rings. The lowest BCUT2D eigenvalue weighted by atomic mass is 10.2. The van der Waals surface area contributed by atoms with Gasteiger partial charge in [0.15, 0.2) is 0 Å². The van der Waals surface area contributed by atoms with Crippen LogP contribution in [0.15, 0.2) is 0 Å². The molecule has 0 aromatic carbocycles. The molecule has 0 saturated heterocycles. The zero-order valence-corrected chi connectivity index (χ0v) is 9.80. The molecule has 0 amide bonds. The van der Waals surface area contributed by atoms with Gasteiger partial charge in [-0.1, -0.05) is 13.3 Å². The second-order valence-electron chi connectivity index (χ2n) is 3.21. The third-order valence-electron chi connectivity index (χ3n) is 1.92. The van der Waals surface area contributed by atoms with Crippen LogP contribution < -0.4 is 0 Å². The van der Waals surface area contributed by atoms with Gasteiger partial charge in [0.2, 0.25) is 0 Å². The Labute approximate surface area is 90.2 Å². The van der Waals surface area contributed by atoms with Crippen molar-refractivity contribution >= 4 is 20.2 Å². The van der Waals surface area contributed by atoms with Crippen LogP contribution in [0.1, 0.15) is 25.7 Å². The van der Waals surface area contributed by atoms with Crippen LogP contribution in [0.4, 0.5) is 0 Å². The van der Waals surface area contributed by atoms with Crippen LogP contribution in [-0.2, 0) is 20.2 Å². The molecule has 1 unspecified atom stereocenters. The van der Waals surface area contributed by atoms with Crippen LogP contribution in [0, 0.1) is 6.92 Å². The quantitative estimate of drug-likeness (QED) is 0.510. The molecule has 2 N–H and O–H groups in total. The van der Waals surface area contributed by atoms with Crippen molar-refractivity contribution in [1.82, 2.24) is 0 Å². The van der Waals surface area contributed by atoms with Crippen molar-refractivity contribution in [2.75, 3.05) is 5.75 Å². The van der Waals surface area contributed by atoms with Crippen molar-refractivity contribution in [3.63, 3.8) is 0 Å². The summed E-state index contributed by atoms with van der Waals surface area (Å²) in [4.78, 5) is 0. The summed E-state index contributed by atoms with van der Waals surface area (Å²) >= 11 is 0. The maximum Gasteiger partial charge on any atom is 0.267 e. The maximum absolute atomic E-state index is 10.7. The monoisotopic (exact) mass is 259 g/mol. The lowest BCUT2D eigenvalue weighted by molar-refractivity contribution is 0.457. The molecule has 1 atom stereocenters. The van der Waals surface area contributed by atoms with Gasteiger partial charge in [-0.25, -0.2) is 0 Å². The number of hydrogen-bond acceptors (Lipinski definition) is 4. The van der Waals surface area contributed by atoms with Crippen molar-refractivity contribution in [2.45, 2.75) is 30.9 Å². The zero-order chi connectivity index (χ0) is 12.1. The van der Waals surface area contributed by atoms with E-state index in [1.807, 2.05) is 0 Å². The zero-order valence-electron chi connectivity index (χ0n) is 8.16. The Morgan fingerprint density at radius 3 is 1.93 bits per heavy atom. The average Bonchev–Trinajstić information content (AvgIpc) is 1.99. The largest absolute Gasteiger partial charge is 0.286 e. The highest BCUT2D eigenvalue weighted by molar-refractivity contribution is 7.86. The second-order valence-corrected chi connectivity index (χ2v) is 6.48. The van der Waals surface area contributed by atoms with Gasteiger partial charge in [0.1, 0.15) is 0 Å². The van der Waals surface area contributed by atoms with E-state index in [-0.39, 0.29) is 19.3 Å². The molecule has 0 fully saturated rings. The van der Waals surface area contributed by atoms with E-state index in [1.165, 1.54) is 0 Å². The van der Waals surface area contributed by atoms with Gasteiger partial charge in [0.25, 0.3) is 20.2 Å². The third kappa shape index (κ3) is 7.71. The predicted molar refractivity (Wildman–Crippen MR) is 55.6 cm³/mol. The Hall–Kier alpha value is -0.180. The molecular formula is C7H15O6S2. The Morgan fingerprint density at radius 2 is 1.60 bits per heavy atom. The van der Waals surface area contributed by atoms with Crippen molar-refractivity contribution in [1.29, 1.82) is 0 Å². The van der Waals surface area contributed by atoms with E-state index in [9.17, 15) is 16.8 Å². The fourth-order valence-electron chi connectivity index (χ4n) is 1.10. The Bertz CT molecular complexity index is 368. The first-order valence-electron chi connectivity index (χ1n) is 4.37. The van der Waals surface area contributed by atoms with Gasteiger partial charge in [0.05, 0.1) is 11.0 Å². The highest BCUT2D eigenvalue weighted by atomic mass is 32.2. The molecule has 15 heavy (non-hydrogen) atoms. The maximum atomic E-state index is 10.7. The standard InChI is InChI=1S/C7H15O6S2/c1-2-7(15(11,12)13)5-3-4-6-14(8,9)10/h7H,1-6H2,(H,8,9,10)(H,11,12,13). The van der Waals surface area contributed by atoms with E-state index in [0.29, 0.717) is 6.42 Å². The molecule has 0 heterocycles. The van der Waals surface area contributed by atoms with E-state index >= 15 is 0 Å². The summed E-state index contributed by atoms with van der Waals surface area (Å²) in [6.45, 7) is 3.37. The molecule has 0 aromatic heterocycles. The molecule has 0 rings (SSSR count). The summed E-state index contributed by atoms with van der Waals surface area (Å²) in [5, 5.41) is -0.959. The molecule has 0 saturated carbocycles. The van der Waals surface area contributed by atoms with Gasteiger partial charge in [-0.3, -0.25) is 9.11 Å². The van der Waals surface area contributed by atoms with Crippen molar-refractivity contribution in [3.8, 4) is 0 Å². The minimum atomic E-state index is -4.11. The van der Waals surface area contributed by atoms with E-state index in [2.05, 4.69) is 6.92 Å². The summed E-state index contributed by atoms with van der Waals surface area (Å²) in [5.41, 5.74) is 0.